The Morgan fingerprint density at radius 1 is 1.29 bits per heavy atom. The number of carbonyl (C=O) groups is 1. The largest absolute Gasteiger partial charge is 0.488 e. The maximum Gasteiger partial charge on any atom is 0.438 e. The number of benzene rings is 2. The fraction of sp³-hybridized carbons (Fsp3) is 0.235. The first-order valence-electron chi connectivity index (χ1n) is 7.09. The van der Waals surface area contributed by atoms with E-state index < -0.39 is 11.9 Å². The van der Waals surface area contributed by atoms with Gasteiger partial charge in [0.05, 0.1) is 22.8 Å². The van der Waals surface area contributed by atoms with Gasteiger partial charge in [-0.2, -0.15) is 5.06 Å². The Morgan fingerprint density at radius 3 is 2.62 bits per heavy atom. The monoisotopic (exact) mass is 397 g/mol. The normalized spacial score (nSPS) is 10.4. The van der Waals surface area contributed by atoms with E-state index in [-0.39, 0.29) is 22.9 Å². The molecule has 0 aromatic heterocycles. The van der Waals surface area contributed by atoms with Gasteiger partial charge in [0.25, 0.3) is 0 Å². The van der Waals surface area contributed by atoms with Crippen LogP contribution < -0.4 is 9.80 Å². The summed E-state index contributed by atoms with van der Waals surface area (Å²) >= 11 is 3.40. The van der Waals surface area contributed by atoms with Gasteiger partial charge in [-0.3, -0.25) is 5.21 Å². The smallest absolute Gasteiger partial charge is 0.438 e. The van der Waals surface area contributed by atoms with Gasteiger partial charge < -0.3 is 9.47 Å². The lowest BCUT2D eigenvalue weighted by Gasteiger charge is -2.18. The van der Waals surface area contributed by atoms with Crippen LogP contribution in [-0.2, 0) is 11.3 Å². The van der Waals surface area contributed by atoms with Crippen molar-refractivity contribution in [2.45, 2.75) is 20.5 Å². The number of hydrogen-bond acceptors (Lipinski definition) is 4. The minimum absolute atomic E-state index is 0.0375. The molecule has 1 N–H and O–H groups in total. The van der Waals surface area contributed by atoms with Crippen molar-refractivity contribution in [3.05, 3.63) is 57.3 Å². The van der Waals surface area contributed by atoms with E-state index >= 15 is 0 Å². The summed E-state index contributed by atoms with van der Waals surface area (Å²) in [5.41, 5.74) is 2.12. The predicted octanol–water partition coefficient (Wildman–Crippen LogP) is 4.75. The fourth-order valence-corrected chi connectivity index (χ4v) is 2.66. The van der Waals surface area contributed by atoms with Crippen LogP contribution in [-0.4, -0.2) is 18.4 Å². The molecule has 2 aromatic rings. The predicted molar refractivity (Wildman–Crippen MR) is 91.0 cm³/mol. The zero-order valence-electron chi connectivity index (χ0n) is 13.5. The van der Waals surface area contributed by atoms with E-state index in [1.54, 1.807) is 0 Å². The molecule has 0 radical (unpaired) electrons. The molecule has 0 heterocycles. The van der Waals surface area contributed by atoms with Crippen molar-refractivity contribution in [3.8, 4) is 5.75 Å². The van der Waals surface area contributed by atoms with Crippen LogP contribution >= 0.6 is 15.9 Å². The van der Waals surface area contributed by atoms with E-state index in [0.29, 0.717) is 5.75 Å². The maximum absolute atomic E-state index is 14.1. The van der Waals surface area contributed by atoms with Crippen molar-refractivity contribution in [3.63, 3.8) is 0 Å². The van der Waals surface area contributed by atoms with Gasteiger partial charge in [0, 0.05) is 0 Å². The van der Waals surface area contributed by atoms with Gasteiger partial charge in [-0.1, -0.05) is 6.07 Å². The van der Waals surface area contributed by atoms with Gasteiger partial charge in [0.1, 0.15) is 18.2 Å². The summed E-state index contributed by atoms with van der Waals surface area (Å²) in [6.45, 7) is 3.74. The second-order valence-electron chi connectivity index (χ2n) is 5.17. The van der Waals surface area contributed by atoms with Gasteiger partial charge in [-0.05, 0) is 65.2 Å². The number of hydroxylamine groups is 1. The number of nitrogens with zero attached hydrogens (tertiary/aromatic N) is 1. The van der Waals surface area contributed by atoms with E-state index in [2.05, 4.69) is 20.7 Å². The molecule has 7 heteroatoms. The van der Waals surface area contributed by atoms with E-state index in [1.165, 1.54) is 18.2 Å². The summed E-state index contributed by atoms with van der Waals surface area (Å²) in [4.78, 5) is 11.5. The number of rotatable bonds is 4. The van der Waals surface area contributed by atoms with Crippen molar-refractivity contribution in [1.29, 1.82) is 0 Å². The number of halogens is 2. The minimum Gasteiger partial charge on any atom is -0.488 e. The molecule has 0 unspecified atom stereocenters. The zero-order valence-corrected chi connectivity index (χ0v) is 15.1. The first-order chi connectivity index (χ1) is 11.3. The van der Waals surface area contributed by atoms with E-state index in [1.807, 2.05) is 26.0 Å². The van der Waals surface area contributed by atoms with Crippen LogP contribution in [0.4, 0.5) is 14.9 Å². The van der Waals surface area contributed by atoms with Gasteiger partial charge >= 0.3 is 6.09 Å². The standard InChI is InChI=1S/C17H17BrFNO4/c1-10-7-13(18)16(8-11(10)2)24-9-12-14(19)5-4-6-15(12)20(22)17(21)23-3/h4-8,22H,9H2,1-3H3. The molecule has 0 aliphatic heterocycles. The lowest BCUT2D eigenvalue weighted by atomic mass is 10.1. The first kappa shape index (κ1) is 18.2. The Morgan fingerprint density at radius 2 is 1.96 bits per heavy atom. The third-order valence-electron chi connectivity index (χ3n) is 3.59. The van der Waals surface area contributed by atoms with E-state index in [9.17, 15) is 14.4 Å². The molecule has 0 atom stereocenters. The second kappa shape index (κ2) is 7.63. The Bertz CT molecular complexity index is 766. The Kier molecular flexibility index (Phi) is 5.80. The third-order valence-corrected chi connectivity index (χ3v) is 4.21. The molecule has 1 amide bonds. The molecule has 24 heavy (non-hydrogen) atoms. The molecule has 0 saturated carbocycles. The summed E-state index contributed by atoms with van der Waals surface area (Å²) in [5, 5.41) is 10.1. The highest BCUT2D eigenvalue weighted by Gasteiger charge is 2.20. The summed E-state index contributed by atoms with van der Waals surface area (Å²) in [6.07, 6.45) is -1.02. The summed E-state index contributed by atoms with van der Waals surface area (Å²) in [6, 6.07) is 7.74. The molecule has 0 aliphatic carbocycles. The molecule has 5 nitrogen and oxygen atoms in total. The van der Waals surface area contributed by atoms with Gasteiger partial charge in [-0.15, -0.1) is 0 Å². The number of anilines is 1. The van der Waals surface area contributed by atoms with Crippen LogP contribution in [0.1, 0.15) is 16.7 Å². The highest BCUT2D eigenvalue weighted by Crippen LogP contribution is 2.31. The number of hydrogen-bond donors (Lipinski definition) is 1. The van der Waals surface area contributed by atoms with Gasteiger partial charge in [0.15, 0.2) is 0 Å². The van der Waals surface area contributed by atoms with Crippen LogP contribution in [0.5, 0.6) is 5.75 Å². The van der Waals surface area contributed by atoms with Crippen LogP contribution in [0.2, 0.25) is 0 Å². The third kappa shape index (κ3) is 3.85. The highest BCUT2D eigenvalue weighted by atomic mass is 79.9. The zero-order chi connectivity index (χ0) is 17.9. The maximum atomic E-state index is 14.1. The number of amides is 1. The Hall–Kier alpha value is -2.12. The number of aryl methyl sites for hydroxylation is 2. The molecule has 0 fully saturated rings. The minimum atomic E-state index is -1.02. The van der Waals surface area contributed by atoms with Crippen LogP contribution in [0.15, 0.2) is 34.8 Å². The van der Waals surface area contributed by atoms with Gasteiger partial charge in [0.2, 0.25) is 0 Å². The van der Waals surface area contributed by atoms with Crippen molar-refractivity contribution in [2.75, 3.05) is 12.2 Å². The van der Waals surface area contributed by atoms with Crippen molar-refractivity contribution >= 4 is 27.7 Å². The van der Waals surface area contributed by atoms with E-state index in [4.69, 9.17) is 4.74 Å². The Balaban J connectivity index is 2.30. The van der Waals surface area contributed by atoms with Gasteiger partial charge in [-0.25, -0.2) is 9.18 Å². The average molecular weight is 398 g/mol. The topological polar surface area (TPSA) is 59.0 Å². The lowest BCUT2D eigenvalue weighted by Crippen LogP contribution is -2.28. The molecule has 128 valence electrons. The fourth-order valence-electron chi connectivity index (χ4n) is 2.09. The summed E-state index contributed by atoms with van der Waals surface area (Å²) in [5.74, 6) is -0.0646. The molecular weight excluding hydrogens is 381 g/mol. The number of methoxy groups -OCH3 is 1. The molecule has 0 spiro atoms. The highest BCUT2D eigenvalue weighted by molar-refractivity contribution is 9.10. The lowest BCUT2D eigenvalue weighted by molar-refractivity contribution is 0.140. The second-order valence-corrected chi connectivity index (χ2v) is 6.03. The summed E-state index contributed by atoms with van der Waals surface area (Å²) < 4.78 is 25.0. The average Bonchev–Trinajstić information content (AvgIpc) is 2.56. The van der Waals surface area contributed by atoms with E-state index in [0.717, 1.165) is 22.7 Å². The Labute approximate surface area is 147 Å². The molecule has 0 bridgehead atoms. The van der Waals surface area contributed by atoms with Crippen LogP contribution in [0.3, 0.4) is 0 Å². The molecular formula is C17H17BrFNO4. The SMILES string of the molecule is COC(=O)N(O)c1cccc(F)c1COc1cc(C)c(C)cc1Br. The molecule has 2 rings (SSSR count). The first-order valence-corrected chi connectivity index (χ1v) is 7.88. The molecule has 2 aromatic carbocycles. The van der Waals surface area contributed by atoms with Crippen molar-refractivity contribution in [1.82, 2.24) is 0 Å². The summed E-state index contributed by atoms with van der Waals surface area (Å²) in [7, 11) is 1.12. The van der Waals surface area contributed by atoms with Crippen molar-refractivity contribution < 1.29 is 23.9 Å². The van der Waals surface area contributed by atoms with Crippen molar-refractivity contribution in [2.24, 2.45) is 0 Å². The quantitative estimate of drug-likeness (QED) is 0.597. The molecule has 0 saturated heterocycles. The molecule has 0 aliphatic rings. The van der Waals surface area contributed by atoms with Crippen LogP contribution in [0, 0.1) is 19.7 Å². The number of ether oxygens (including phenoxy) is 2. The van der Waals surface area contributed by atoms with Crippen LogP contribution in [0.25, 0.3) is 0 Å². The number of carbonyl (C=O) groups excluding carboxylic acids is 1.